The van der Waals surface area contributed by atoms with Crippen molar-refractivity contribution in [3.05, 3.63) is 32.4 Å². The molecule has 0 spiro atoms. The quantitative estimate of drug-likeness (QED) is 0.691. The van der Waals surface area contributed by atoms with Crippen LogP contribution in [0.25, 0.3) is 10.9 Å². The second kappa shape index (κ2) is 3.74. The Morgan fingerprint density at radius 1 is 1.40 bits per heavy atom. The molecule has 0 saturated carbocycles. The summed E-state index contributed by atoms with van der Waals surface area (Å²) >= 11 is 5.54. The van der Waals surface area contributed by atoms with Crippen LogP contribution in [0.1, 0.15) is 0 Å². The normalized spacial score (nSPS) is 12.2. The molecule has 0 atom stereocenters. The monoisotopic (exact) mass is 399 g/mol. The van der Waals surface area contributed by atoms with E-state index >= 15 is 0 Å². The standard InChI is InChI=1S/C9H7BrINO2S/c1-15(13,14)12-5-7(11)9-6(10)3-2-4-8(9)12/h2-5H,1H3. The average molecular weight is 400 g/mol. The van der Waals surface area contributed by atoms with Gasteiger partial charge in [-0.15, -0.1) is 0 Å². The van der Waals surface area contributed by atoms with E-state index in [-0.39, 0.29) is 0 Å². The number of rotatable bonds is 1. The van der Waals surface area contributed by atoms with Crippen LogP contribution in [-0.2, 0) is 10.0 Å². The molecule has 0 radical (unpaired) electrons. The molecule has 0 aliphatic carbocycles. The molecule has 0 saturated heterocycles. The largest absolute Gasteiger partial charge is 0.244 e. The minimum absolute atomic E-state index is 0.705. The van der Waals surface area contributed by atoms with Crippen molar-refractivity contribution in [3.8, 4) is 0 Å². The second-order valence-corrected chi connectivity index (χ2v) is 7.05. The molecule has 0 unspecified atom stereocenters. The van der Waals surface area contributed by atoms with E-state index in [1.807, 2.05) is 12.1 Å². The molecule has 3 nitrogen and oxygen atoms in total. The van der Waals surface area contributed by atoms with Crippen molar-refractivity contribution in [1.29, 1.82) is 0 Å². The van der Waals surface area contributed by atoms with Crippen molar-refractivity contribution in [2.45, 2.75) is 0 Å². The van der Waals surface area contributed by atoms with Gasteiger partial charge < -0.3 is 0 Å². The molecule has 0 bridgehead atoms. The molecule has 2 aromatic rings. The molecule has 0 aliphatic heterocycles. The van der Waals surface area contributed by atoms with E-state index in [0.29, 0.717) is 5.52 Å². The van der Waals surface area contributed by atoms with Crippen LogP contribution in [0.5, 0.6) is 0 Å². The molecular weight excluding hydrogens is 393 g/mol. The number of hydrogen-bond acceptors (Lipinski definition) is 2. The molecule has 1 heterocycles. The number of aromatic nitrogens is 1. The van der Waals surface area contributed by atoms with Crippen LogP contribution in [0.3, 0.4) is 0 Å². The Balaban J connectivity index is 2.98. The van der Waals surface area contributed by atoms with E-state index in [4.69, 9.17) is 0 Å². The summed E-state index contributed by atoms with van der Waals surface area (Å²) in [4.78, 5) is 0. The van der Waals surface area contributed by atoms with Gasteiger partial charge in [-0.05, 0) is 34.7 Å². The van der Waals surface area contributed by atoms with Gasteiger partial charge in [0.15, 0.2) is 0 Å². The first-order valence-corrected chi connectivity index (χ1v) is 7.79. The summed E-state index contributed by atoms with van der Waals surface area (Å²) in [7, 11) is -3.23. The highest BCUT2D eigenvalue weighted by molar-refractivity contribution is 14.1. The summed E-state index contributed by atoms with van der Waals surface area (Å²) in [5.74, 6) is 0. The van der Waals surface area contributed by atoms with Crippen molar-refractivity contribution in [1.82, 2.24) is 3.97 Å². The lowest BCUT2D eigenvalue weighted by molar-refractivity contribution is 0.595. The lowest BCUT2D eigenvalue weighted by atomic mass is 10.3. The maximum Gasteiger partial charge on any atom is 0.236 e. The fourth-order valence-corrected chi connectivity index (χ4v) is 4.22. The average Bonchev–Trinajstić information content (AvgIpc) is 2.44. The fraction of sp³-hybridized carbons (Fsp3) is 0.111. The third-order valence-corrected chi connectivity index (χ3v) is 4.55. The fourth-order valence-electron chi connectivity index (χ4n) is 1.44. The van der Waals surface area contributed by atoms with Crippen LogP contribution >= 0.6 is 38.5 Å². The Bertz CT molecular complexity index is 633. The molecule has 1 aromatic carbocycles. The van der Waals surface area contributed by atoms with E-state index in [1.54, 1.807) is 12.3 Å². The summed E-state index contributed by atoms with van der Waals surface area (Å²) in [5.41, 5.74) is 0.705. The van der Waals surface area contributed by atoms with Crippen molar-refractivity contribution in [2.75, 3.05) is 6.26 Å². The smallest absolute Gasteiger partial charge is 0.236 e. The minimum Gasteiger partial charge on any atom is -0.244 e. The molecule has 0 N–H and O–H groups in total. The van der Waals surface area contributed by atoms with Gasteiger partial charge in [-0.2, -0.15) is 0 Å². The topological polar surface area (TPSA) is 39.1 Å². The summed E-state index contributed by atoms with van der Waals surface area (Å²) in [6.45, 7) is 0. The van der Waals surface area contributed by atoms with Gasteiger partial charge in [-0.3, -0.25) is 0 Å². The van der Waals surface area contributed by atoms with Gasteiger partial charge >= 0.3 is 0 Å². The first-order chi connectivity index (χ1) is 6.91. The number of halogens is 2. The van der Waals surface area contributed by atoms with Crippen LogP contribution in [0.2, 0.25) is 0 Å². The predicted molar refractivity (Wildman–Crippen MR) is 72.6 cm³/mol. The molecule has 80 valence electrons. The van der Waals surface area contributed by atoms with Crippen molar-refractivity contribution in [3.63, 3.8) is 0 Å². The highest BCUT2D eigenvalue weighted by atomic mass is 127. The van der Waals surface area contributed by atoms with Crippen molar-refractivity contribution in [2.24, 2.45) is 0 Å². The SMILES string of the molecule is CS(=O)(=O)n1cc(I)c2c(Br)cccc21. The summed E-state index contributed by atoms with van der Waals surface area (Å²) < 4.78 is 26.2. The predicted octanol–water partition coefficient (Wildman–Crippen LogP) is 2.82. The van der Waals surface area contributed by atoms with E-state index in [1.165, 1.54) is 10.2 Å². The molecule has 6 heteroatoms. The second-order valence-electron chi connectivity index (χ2n) is 3.17. The Morgan fingerprint density at radius 3 is 2.67 bits per heavy atom. The molecule has 1 aromatic heterocycles. The van der Waals surface area contributed by atoms with Gasteiger partial charge in [0.05, 0.1) is 11.8 Å². The summed E-state index contributed by atoms with van der Waals surface area (Å²) in [6, 6.07) is 5.52. The van der Waals surface area contributed by atoms with E-state index in [9.17, 15) is 8.42 Å². The van der Waals surface area contributed by atoms with Gasteiger partial charge in [0.25, 0.3) is 0 Å². The number of fused-ring (bicyclic) bond motifs is 1. The van der Waals surface area contributed by atoms with Gasteiger partial charge in [-0.25, -0.2) is 12.4 Å². The lowest BCUT2D eigenvalue weighted by Gasteiger charge is -2.01. The maximum absolute atomic E-state index is 11.5. The number of hydrogen-bond donors (Lipinski definition) is 0. The van der Waals surface area contributed by atoms with Crippen molar-refractivity contribution < 1.29 is 8.42 Å². The van der Waals surface area contributed by atoms with Crippen LogP contribution in [0.4, 0.5) is 0 Å². The zero-order chi connectivity index (χ0) is 11.2. The van der Waals surface area contributed by atoms with E-state index in [2.05, 4.69) is 38.5 Å². The molecular formula is C9H7BrINO2S. The summed E-state index contributed by atoms with van der Waals surface area (Å²) in [6.07, 6.45) is 2.83. The third-order valence-electron chi connectivity index (χ3n) is 2.06. The molecule has 15 heavy (non-hydrogen) atoms. The van der Waals surface area contributed by atoms with Gasteiger partial charge in [0.1, 0.15) is 0 Å². The van der Waals surface area contributed by atoms with Crippen molar-refractivity contribution >= 4 is 59.4 Å². The Morgan fingerprint density at radius 2 is 2.07 bits per heavy atom. The maximum atomic E-state index is 11.5. The van der Waals surface area contributed by atoms with Gasteiger partial charge in [0, 0.05) is 19.6 Å². The highest BCUT2D eigenvalue weighted by Gasteiger charge is 2.14. The van der Waals surface area contributed by atoms with Crippen LogP contribution in [0.15, 0.2) is 28.9 Å². The Kier molecular flexibility index (Phi) is 2.85. The zero-order valence-corrected chi connectivity index (χ0v) is 12.3. The van der Waals surface area contributed by atoms with Gasteiger partial charge in [0.2, 0.25) is 10.0 Å². The Labute approximate surface area is 110 Å². The lowest BCUT2D eigenvalue weighted by Crippen LogP contribution is -2.07. The first-order valence-electron chi connectivity index (χ1n) is 4.07. The zero-order valence-electron chi connectivity index (χ0n) is 7.74. The van der Waals surface area contributed by atoms with Crippen LogP contribution in [0, 0.1) is 3.57 Å². The molecule has 0 aliphatic rings. The molecule has 2 rings (SSSR count). The first kappa shape index (κ1) is 11.4. The Hall–Kier alpha value is -0.0800. The number of nitrogens with zero attached hydrogens (tertiary/aromatic N) is 1. The molecule has 0 amide bonds. The number of benzene rings is 1. The summed E-state index contributed by atoms with van der Waals surface area (Å²) in [5, 5.41) is 0.934. The van der Waals surface area contributed by atoms with Gasteiger partial charge in [-0.1, -0.05) is 22.0 Å². The third kappa shape index (κ3) is 1.94. The van der Waals surface area contributed by atoms with E-state index in [0.717, 1.165) is 13.4 Å². The highest BCUT2D eigenvalue weighted by Crippen LogP contribution is 2.30. The van der Waals surface area contributed by atoms with E-state index < -0.39 is 10.0 Å². The minimum atomic E-state index is -3.23. The van der Waals surface area contributed by atoms with Crippen LogP contribution in [-0.4, -0.2) is 18.6 Å². The molecule has 0 fully saturated rings. The van der Waals surface area contributed by atoms with Crippen LogP contribution < -0.4 is 0 Å².